The summed E-state index contributed by atoms with van der Waals surface area (Å²) in [6, 6.07) is 13.8. The predicted molar refractivity (Wildman–Crippen MR) is 104 cm³/mol. The van der Waals surface area contributed by atoms with Gasteiger partial charge in [0, 0.05) is 14.4 Å². The highest BCUT2D eigenvalue weighted by atomic mass is 79.9. The Hall–Kier alpha value is -0.600. The highest BCUT2D eigenvalue weighted by Crippen LogP contribution is 2.63. The largest absolute Gasteiger partial charge is 0.0571 e. The van der Waals surface area contributed by atoms with Gasteiger partial charge in [0.05, 0.1) is 0 Å². The second-order valence-electron chi connectivity index (χ2n) is 8.58. The number of hydrogen-bond donors (Lipinski definition) is 0. The van der Waals surface area contributed by atoms with E-state index < -0.39 is 0 Å². The standard InChI is InChI=1S/C21H22Br2/c1-19(2)11-21(17-9-13(22)5-7-15(17)19)12-20(3,4)16-8-6-14(23)10-18(16)21/h5-10H,11-12H2,1-4H3. The van der Waals surface area contributed by atoms with Crippen LogP contribution in [-0.2, 0) is 16.2 Å². The van der Waals surface area contributed by atoms with Crippen LogP contribution in [0.5, 0.6) is 0 Å². The second-order valence-corrected chi connectivity index (χ2v) is 10.4. The lowest BCUT2D eigenvalue weighted by Gasteiger charge is -2.30. The Morgan fingerprint density at radius 1 is 0.652 bits per heavy atom. The second kappa shape index (κ2) is 4.73. The maximum absolute atomic E-state index is 3.71. The fraction of sp³-hybridized carbons (Fsp3) is 0.429. The van der Waals surface area contributed by atoms with E-state index in [1.807, 2.05) is 0 Å². The van der Waals surface area contributed by atoms with Gasteiger partial charge in [-0.15, -0.1) is 0 Å². The molecule has 2 aliphatic rings. The van der Waals surface area contributed by atoms with Crippen molar-refractivity contribution in [1.29, 1.82) is 0 Å². The maximum Gasteiger partial charge on any atom is 0.0226 e. The van der Waals surface area contributed by atoms with Gasteiger partial charge >= 0.3 is 0 Å². The predicted octanol–water partition coefficient (Wildman–Crippen LogP) is 6.86. The highest BCUT2D eigenvalue weighted by molar-refractivity contribution is 9.10. The van der Waals surface area contributed by atoms with E-state index in [0.717, 1.165) is 0 Å². The van der Waals surface area contributed by atoms with Gasteiger partial charge < -0.3 is 0 Å². The summed E-state index contributed by atoms with van der Waals surface area (Å²) < 4.78 is 2.38. The van der Waals surface area contributed by atoms with Crippen molar-refractivity contribution in [3.05, 3.63) is 67.6 Å². The molecule has 0 aliphatic heterocycles. The van der Waals surface area contributed by atoms with Crippen LogP contribution in [0.3, 0.4) is 0 Å². The van der Waals surface area contributed by atoms with Crippen LogP contribution < -0.4 is 0 Å². The van der Waals surface area contributed by atoms with Gasteiger partial charge in [0.25, 0.3) is 0 Å². The summed E-state index contributed by atoms with van der Waals surface area (Å²) in [5.74, 6) is 0. The molecule has 2 aromatic carbocycles. The van der Waals surface area contributed by atoms with Gasteiger partial charge in [0.1, 0.15) is 0 Å². The minimum atomic E-state index is 0.144. The van der Waals surface area contributed by atoms with E-state index in [1.165, 1.54) is 44.0 Å². The SMILES string of the molecule is CC1(C)CC2(CC(C)(C)c3ccc(Br)cc32)c2cc(Br)ccc21. The third-order valence-electron chi connectivity index (χ3n) is 5.94. The highest BCUT2D eigenvalue weighted by Gasteiger charge is 2.56. The van der Waals surface area contributed by atoms with Crippen molar-refractivity contribution in [2.75, 3.05) is 0 Å². The van der Waals surface area contributed by atoms with Gasteiger partial charge in [-0.1, -0.05) is 71.7 Å². The maximum atomic E-state index is 3.71. The molecule has 0 saturated heterocycles. The summed E-state index contributed by atoms with van der Waals surface area (Å²) in [7, 11) is 0. The Balaban J connectivity index is 2.06. The molecule has 120 valence electrons. The zero-order valence-corrected chi connectivity index (χ0v) is 17.3. The Kier molecular flexibility index (Phi) is 3.27. The smallest absolute Gasteiger partial charge is 0.0226 e. The minimum Gasteiger partial charge on any atom is -0.0571 e. The van der Waals surface area contributed by atoms with Crippen molar-refractivity contribution in [3.63, 3.8) is 0 Å². The molecule has 0 unspecified atom stereocenters. The fourth-order valence-electron chi connectivity index (χ4n) is 5.29. The Labute approximate surface area is 155 Å². The van der Waals surface area contributed by atoms with E-state index in [0.29, 0.717) is 0 Å². The van der Waals surface area contributed by atoms with Gasteiger partial charge in [0.2, 0.25) is 0 Å². The van der Waals surface area contributed by atoms with E-state index >= 15 is 0 Å². The van der Waals surface area contributed by atoms with Crippen LogP contribution in [0.4, 0.5) is 0 Å². The number of fused-ring (bicyclic) bond motifs is 4. The van der Waals surface area contributed by atoms with Crippen molar-refractivity contribution in [3.8, 4) is 0 Å². The van der Waals surface area contributed by atoms with Crippen molar-refractivity contribution < 1.29 is 0 Å². The summed E-state index contributed by atoms with van der Waals surface area (Å²) in [6.07, 6.45) is 2.39. The average Bonchev–Trinajstić information content (AvgIpc) is 2.78. The summed E-state index contributed by atoms with van der Waals surface area (Å²) >= 11 is 7.41. The summed E-state index contributed by atoms with van der Waals surface area (Å²) in [5, 5.41) is 0. The van der Waals surface area contributed by atoms with Gasteiger partial charge in [-0.25, -0.2) is 0 Å². The average molecular weight is 434 g/mol. The number of rotatable bonds is 0. The molecule has 0 radical (unpaired) electrons. The molecule has 0 N–H and O–H groups in total. The fourth-order valence-corrected chi connectivity index (χ4v) is 6.02. The lowest BCUT2D eigenvalue weighted by atomic mass is 9.72. The van der Waals surface area contributed by atoms with Gasteiger partial charge in [-0.3, -0.25) is 0 Å². The first kappa shape index (κ1) is 15.9. The van der Waals surface area contributed by atoms with Crippen LogP contribution in [0.15, 0.2) is 45.3 Å². The van der Waals surface area contributed by atoms with Crippen LogP contribution in [0.2, 0.25) is 0 Å². The molecule has 0 heterocycles. The Morgan fingerprint density at radius 2 is 1.04 bits per heavy atom. The zero-order valence-electron chi connectivity index (χ0n) is 14.1. The van der Waals surface area contributed by atoms with Crippen LogP contribution in [0.1, 0.15) is 62.8 Å². The number of benzene rings is 2. The van der Waals surface area contributed by atoms with Crippen molar-refractivity contribution in [2.24, 2.45) is 0 Å². The molecule has 2 heteroatoms. The quantitative estimate of drug-likeness (QED) is 0.425. The van der Waals surface area contributed by atoms with E-state index in [-0.39, 0.29) is 16.2 Å². The van der Waals surface area contributed by atoms with Crippen LogP contribution in [0, 0.1) is 0 Å². The summed E-state index contributed by atoms with van der Waals surface area (Å²) in [4.78, 5) is 0. The molecule has 0 saturated carbocycles. The van der Waals surface area contributed by atoms with E-state index in [4.69, 9.17) is 0 Å². The Bertz CT molecular complexity index is 745. The van der Waals surface area contributed by atoms with E-state index in [2.05, 4.69) is 96.0 Å². The van der Waals surface area contributed by atoms with Crippen molar-refractivity contribution >= 4 is 31.9 Å². The third-order valence-corrected chi connectivity index (χ3v) is 6.93. The first-order valence-electron chi connectivity index (χ1n) is 8.27. The van der Waals surface area contributed by atoms with E-state index in [1.54, 1.807) is 0 Å². The zero-order chi connectivity index (χ0) is 16.6. The number of hydrogen-bond acceptors (Lipinski definition) is 0. The first-order chi connectivity index (χ1) is 10.7. The lowest BCUT2D eigenvalue weighted by molar-refractivity contribution is 0.349. The normalized spacial score (nSPS) is 22.2. The molecule has 0 atom stereocenters. The molecule has 4 rings (SSSR count). The summed E-state index contributed by atoms with van der Waals surface area (Å²) in [5.41, 5.74) is 6.68. The molecule has 0 amide bonds. The molecule has 0 aromatic heterocycles. The van der Waals surface area contributed by atoms with Crippen LogP contribution >= 0.6 is 31.9 Å². The molecule has 23 heavy (non-hydrogen) atoms. The lowest BCUT2D eigenvalue weighted by Crippen LogP contribution is -2.27. The molecule has 0 nitrogen and oxygen atoms in total. The molecule has 2 aromatic rings. The Morgan fingerprint density at radius 3 is 1.43 bits per heavy atom. The summed E-state index contributed by atoms with van der Waals surface area (Å²) in [6.45, 7) is 9.60. The molecule has 0 fully saturated rings. The van der Waals surface area contributed by atoms with Gasteiger partial charge in [-0.05, 0) is 70.2 Å². The van der Waals surface area contributed by atoms with Crippen LogP contribution in [0.25, 0.3) is 0 Å². The molecule has 0 bridgehead atoms. The van der Waals surface area contributed by atoms with Crippen LogP contribution in [-0.4, -0.2) is 0 Å². The third kappa shape index (κ3) is 2.14. The van der Waals surface area contributed by atoms with Gasteiger partial charge in [-0.2, -0.15) is 0 Å². The van der Waals surface area contributed by atoms with Crippen molar-refractivity contribution in [2.45, 2.75) is 56.8 Å². The molecular formula is C21H22Br2. The van der Waals surface area contributed by atoms with Gasteiger partial charge in [0.15, 0.2) is 0 Å². The first-order valence-corrected chi connectivity index (χ1v) is 9.85. The molecule has 1 spiro atoms. The topological polar surface area (TPSA) is 0 Å². The molecule has 2 aliphatic carbocycles. The minimum absolute atomic E-state index is 0.144. The van der Waals surface area contributed by atoms with Crippen molar-refractivity contribution in [1.82, 2.24) is 0 Å². The monoisotopic (exact) mass is 432 g/mol. The number of halogens is 2. The van der Waals surface area contributed by atoms with E-state index in [9.17, 15) is 0 Å². The molecular weight excluding hydrogens is 412 g/mol.